The van der Waals surface area contributed by atoms with E-state index in [1.165, 1.54) is 11.3 Å². The lowest BCUT2D eigenvalue weighted by molar-refractivity contribution is -0.119. The number of hydrogen-bond donors (Lipinski definition) is 2. The highest BCUT2D eigenvalue weighted by atomic mass is 16.1. The van der Waals surface area contributed by atoms with Crippen LogP contribution in [0.1, 0.15) is 18.9 Å². The lowest BCUT2D eigenvalue weighted by Gasteiger charge is -2.35. The van der Waals surface area contributed by atoms with Crippen molar-refractivity contribution in [3.63, 3.8) is 0 Å². The van der Waals surface area contributed by atoms with E-state index in [9.17, 15) is 4.79 Å². The summed E-state index contributed by atoms with van der Waals surface area (Å²) < 4.78 is 0. The maximum absolute atomic E-state index is 11.0. The Hall–Kier alpha value is -1.55. The second kappa shape index (κ2) is 5.40. The third kappa shape index (κ3) is 2.82. The molecule has 1 aromatic carbocycles. The second-order valence-corrected chi connectivity index (χ2v) is 5.18. The Morgan fingerprint density at radius 3 is 2.94 bits per heavy atom. The molecule has 4 heteroatoms. The van der Waals surface area contributed by atoms with Crippen LogP contribution in [0.15, 0.2) is 24.3 Å². The average Bonchev–Trinajstić information content (AvgIpc) is 2.35. The maximum Gasteiger partial charge on any atom is 0.234 e. The van der Waals surface area contributed by atoms with Crippen molar-refractivity contribution in [2.75, 3.05) is 18.0 Å². The first-order valence-electron chi connectivity index (χ1n) is 6.45. The molecule has 4 N–H and O–H groups in total. The number of carbonyl (C=O) groups is 1. The molecule has 1 aliphatic rings. The summed E-state index contributed by atoms with van der Waals surface area (Å²) in [5.41, 5.74) is 13.5. The van der Waals surface area contributed by atoms with Crippen LogP contribution in [0.2, 0.25) is 0 Å². The quantitative estimate of drug-likeness (QED) is 0.830. The molecule has 98 valence electrons. The summed E-state index contributed by atoms with van der Waals surface area (Å²) in [6.07, 6.45) is 1.73. The van der Waals surface area contributed by atoms with Crippen molar-refractivity contribution < 1.29 is 4.79 Å². The van der Waals surface area contributed by atoms with E-state index in [-0.39, 0.29) is 0 Å². The molecule has 2 atom stereocenters. The normalized spacial score (nSPS) is 20.3. The highest BCUT2D eigenvalue weighted by Gasteiger charge is 2.22. The van der Waals surface area contributed by atoms with Gasteiger partial charge in [-0.1, -0.05) is 25.1 Å². The Kier molecular flexibility index (Phi) is 3.87. The fraction of sp³-hybridized carbons (Fsp3) is 0.500. The number of benzene rings is 1. The molecule has 4 nitrogen and oxygen atoms in total. The zero-order chi connectivity index (χ0) is 13.1. The van der Waals surface area contributed by atoms with Crippen molar-refractivity contribution in [3.8, 4) is 0 Å². The molecular weight excluding hydrogens is 226 g/mol. The summed E-state index contributed by atoms with van der Waals surface area (Å²) in [5.74, 6) is 0.207. The zero-order valence-electron chi connectivity index (χ0n) is 10.8. The number of nitrogens with zero attached hydrogens (tertiary/aromatic N) is 1. The molecule has 2 rings (SSSR count). The Bertz CT molecular complexity index is 433. The average molecular weight is 247 g/mol. The van der Waals surface area contributed by atoms with Crippen molar-refractivity contribution >= 4 is 11.6 Å². The van der Waals surface area contributed by atoms with Gasteiger partial charge in [0.25, 0.3) is 0 Å². The number of fused-ring (bicyclic) bond motifs is 1. The Morgan fingerprint density at radius 1 is 1.50 bits per heavy atom. The van der Waals surface area contributed by atoms with Crippen LogP contribution in [0.25, 0.3) is 0 Å². The standard InChI is InChI=1S/C14H21N3O/c1-10-8-11-4-2-3-5-13(11)17(9-10)7-6-12(15)14(16)18/h2-5,10,12H,6-9,15H2,1H3,(H2,16,18). The molecule has 0 saturated heterocycles. The van der Waals surface area contributed by atoms with Crippen LogP contribution < -0.4 is 16.4 Å². The molecule has 0 saturated carbocycles. The Balaban J connectivity index is 2.07. The number of primary amides is 1. The number of para-hydroxylation sites is 1. The molecule has 0 aromatic heterocycles. The molecule has 1 amide bonds. The first-order chi connectivity index (χ1) is 8.58. The summed E-state index contributed by atoms with van der Waals surface area (Å²) in [5, 5.41) is 0. The summed E-state index contributed by atoms with van der Waals surface area (Å²) in [6.45, 7) is 4.05. The third-order valence-electron chi connectivity index (χ3n) is 3.51. The van der Waals surface area contributed by atoms with Gasteiger partial charge in [0.05, 0.1) is 6.04 Å². The maximum atomic E-state index is 11.0. The lowest BCUT2D eigenvalue weighted by Crippen LogP contribution is -2.42. The minimum absolute atomic E-state index is 0.423. The SMILES string of the molecule is CC1Cc2ccccc2N(CCC(N)C(N)=O)C1. The van der Waals surface area contributed by atoms with E-state index >= 15 is 0 Å². The van der Waals surface area contributed by atoms with Crippen LogP contribution in [-0.4, -0.2) is 25.0 Å². The monoisotopic (exact) mass is 247 g/mol. The van der Waals surface area contributed by atoms with Gasteiger partial charge < -0.3 is 16.4 Å². The minimum Gasteiger partial charge on any atom is -0.371 e. The van der Waals surface area contributed by atoms with Gasteiger partial charge in [-0.25, -0.2) is 0 Å². The first kappa shape index (κ1) is 12.9. The summed E-state index contributed by atoms with van der Waals surface area (Å²) >= 11 is 0. The van der Waals surface area contributed by atoms with E-state index in [1.54, 1.807) is 0 Å². The molecular formula is C14H21N3O. The number of anilines is 1. The van der Waals surface area contributed by atoms with Crippen LogP contribution in [0.4, 0.5) is 5.69 Å². The highest BCUT2D eigenvalue weighted by molar-refractivity contribution is 5.79. The second-order valence-electron chi connectivity index (χ2n) is 5.18. The number of carbonyl (C=O) groups excluding carboxylic acids is 1. The van der Waals surface area contributed by atoms with Gasteiger partial charge in [0.2, 0.25) is 5.91 Å². The minimum atomic E-state index is -0.547. The van der Waals surface area contributed by atoms with Gasteiger partial charge in [0.15, 0.2) is 0 Å². The van der Waals surface area contributed by atoms with E-state index in [0.717, 1.165) is 19.5 Å². The van der Waals surface area contributed by atoms with Crippen molar-refractivity contribution in [2.45, 2.75) is 25.8 Å². The molecule has 0 aliphatic carbocycles. The first-order valence-corrected chi connectivity index (χ1v) is 6.45. The molecule has 1 heterocycles. The number of amides is 1. The van der Waals surface area contributed by atoms with Crippen molar-refractivity contribution in [3.05, 3.63) is 29.8 Å². The molecule has 0 spiro atoms. The van der Waals surface area contributed by atoms with E-state index in [1.807, 2.05) is 0 Å². The number of nitrogens with two attached hydrogens (primary N) is 2. The largest absolute Gasteiger partial charge is 0.371 e. The van der Waals surface area contributed by atoms with Crippen LogP contribution in [0, 0.1) is 5.92 Å². The number of hydrogen-bond acceptors (Lipinski definition) is 3. The summed E-state index contributed by atoms with van der Waals surface area (Å²) in [6, 6.07) is 7.89. The van der Waals surface area contributed by atoms with Crippen molar-refractivity contribution in [1.29, 1.82) is 0 Å². The topological polar surface area (TPSA) is 72.3 Å². The van der Waals surface area contributed by atoms with Gasteiger partial charge in [0, 0.05) is 18.8 Å². The van der Waals surface area contributed by atoms with Crippen molar-refractivity contribution in [2.24, 2.45) is 17.4 Å². The molecule has 0 fully saturated rings. The molecule has 18 heavy (non-hydrogen) atoms. The van der Waals surface area contributed by atoms with Crippen LogP contribution in [-0.2, 0) is 11.2 Å². The zero-order valence-corrected chi connectivity index (χ0v) is 10.8. The fourth-order valence-corrected chi connectivity index (χ4v) is 2.56. The van der Waals surface area contributed by atoms with Crippen LogP contribution in [0.5, 0.6) is 0 Å². The van der Waals surface area contributed by atoms with Crippen LogP contribution in [0.3, 0.4) is 0 Å². The fourth-order valence-electron chi connectivity index (χ4n) is 2.56. The van der Waals surface area contributed by atoms with E-state index in [0.29, 0.717) is 12.3 Å². The van der Waals surface area contributed by atoms with Crippen LogP contribution >= 0.6 is 0 Å². The summed E-state index contributed by atoms with van der Waals surface area (Å²) in [4.78, 5) is 13.3. The van der Waals surface area contributed by atoms with Gasteiger partial charge in [-0.05, 0) is 30.4 Å². The third-order valence-corrected chi connectivity index (χ3v) is 3.51. The highest BCUT2D eigenvalue weighted by Crippen LogP contribution is 2.29. The smallest absolute Gasteiger partial charge is 0.234 e. The molecule has 1 aliphatic heterocycles. The van der Waals surface area contributed by atoms with E-state index in [2.05, 4.69) is 36.1 Å². The Labute approximate surface area is 108 Å². The molecule has 0 radical (unpaired) electrons. The lowest BCUT2D eigenvalue weighted by atomic mass is 9.93. The molecule has 1 aromatic rings. The number of rotatable bonds is 4. The van der Waals surface area contributed by atoms with E-state index in [4.69, 9.17) is 11.5 Å². The van der Waals surface area contributed by atoms with Gasteiger partial charge >= 0.3 is 0 Å². The molecule has 0 bridgehead atoms. The predicted octanol–water partition coefficient (Wildman–Crippen LogP) is 0.888. The van der Waals surface area contributed by atoms with Gasteiger partial charge in [0.1, 0.15) is 0 Å². The summed E-state index contributed by atoms with van der Waals surface area (Å²) in [7, 11) is 0. The predicted molar refractivity (Wildman–Crippen MR) is 73.3 cm³/mol. The van der Waals surface area contributed by atoms with Gasteiger partial charge in [-0.2, -0.15) is 0 Å². The van der Waals surface area contributed by atoms with E-state index < -0.39 is 11.9 Å². The van der Waals surface area contributed by atoms with Gasteiger partial charge in [-0.15, -0.1) is 0 Å². The van der Waals surface area contributed by atoms with Crippen molar-refractivity contribution in [1.82, 2.24) is 0 Å². The molecule has 2 unspecified atom stereocenters. The van der Waals surface area contributed by atoms with Gasteiger partial charge in [-0.3, -0.25) is 4.79 Å². The Morgan fingerprint density at radius 2 is 2.22 bits per heavy atom.